The predicted molar refractivity (Wildman–Crippen MR) is 126 cm³/mol. The van der Waals surface area contributed by atoms with Crippen molar-refractivity contribution < 1.29 is 9.84 Å². The number of aliphatic hydroxyl groups is 1. The molecule has 2 aromatic heterocycles. The highest BCUT2D eigenvalue weighted by Gasteiger charge is 2.41. The molecule has 1 aliphatic rings. The largest absolute Gasteiger partial charge is 0.495 e. The van der Waals surface area contributed by atoms with Crippen LogP contribution in [0, 0.1) is 13.8 Å². The summed E-state index contributed by atoms with van der Waals surface area (Å²) in [5, 5.41) is 14.4. The molecular weight excluding hydrogens is 432 g/mol. The first-order chi connectivity index (χ1) is 15.0. The van der Waals surface area contributed by atoms with Gasteiger partial charge in [0.2, 0.25) is 0 Å². The molecule has 162 valence electrons. The molecule has 0 bridgehead atoms. The Bertz CT molecular complexity index is 1100. The van der Waals surface area contributed by atoms with E-state index in [9.17, 15) is 5.11 Å². The number of pyridine rings is 1. The van der Waals surface area contributed by atoms with Crippen LogP contribution in [-0.2, 0) is 0 Å². The van der Waals surface area contributed by atoms with Crippen molar-refractivity contribution in [2.45, 2.75) is 25.9 Å². The van der Waals surface area contributed by atoms with Gasteiger partial charge in [0.15, 0.2) is 5.11 Å². The molecule has 1 saturated heterocycles. The third-order valence-corrected chi connectivity index (χ3v) is 6.30. The molecule has 1 aliphatic heterocycles. The quantitative estimate of drug-likeness (QED) is 0.544. The highest BCUT2D eigenvalue weighted by Crippen LogP contribution is 2.42. The lowest BCUT2D eigenvalue weighted by atomic mass is 9.97. The summed E-state index contributed by atoms with van der Waals surface area (Å²) in [6, 6.07) is 13.4. The number of nitrogens with zero attached hydrogens (tertiary/aromatic N) is 3. The molecule has 2 atom stereocenters. The van der Waals surface area contributed by atoms with Crippen LogP contribution in [0.3, 0.4) is 0 Å². The number of aromatic nitrogens is 2. The van der Waals surface area contributed by atoms with Crippen LogP contribution in [0.5, 0.6) is 5.75 Å². The van der Waals surface area contributed by atoms with Gasteiger partial charge in [-0.2, -0.15) is 0 Å². The van der Waals surface area contributed by atoms with Crippen molar-refractivity contribution in [3.05, 3.63) is 76.3 Å². The maximum absolute atomic E-state index is 9.69. The van der Waals surface area contributed by atoms with Crippen molar-refractivity contribution in [1.29, 1.82) is 0 Å². The molecule has 2 unspecified atom stereocenters. The standard InChI is InChI=1S/C23H25ClN4O2S/c1-14-12-17(15(2)28(14)19-13-16(24)7-8-20(19)30-3)22-21(18-6-4-5-9-25-18)26-23(31)27(22)10-11-29/h4-9,12-13,21-22,29H,10-11H2,1-3H3,(H,26,31). The molecule has 0 saturated carbocycles. The number of hydrogen-bond donors (Lipinski definition) is 2. The summed E-state index contributed by atoms with van der Waals surface area (Å²) < 4.78 is 7.75. The summed E-state index contributed by atoms with van der Waals surface area (Å²) in [5.41, 5.74) is 5.00. The molecule has 2 N–H and O–H groups in total. The number of β-amino-alcohol motifs (C(OH)–C–C–N with tert-alkyl or cyclic N) is 1. The highest BCUT2D eigenvalue weighted by molar-refractivity contribution is 7.80. The zero-order valence-electron chi connectivity index (χ0n) is 17.7. The van der Waals surface area contributed by atoms with Gasteiger partial charge in [0.1, 0.15) is 5.75 Å². The number of ether oxygens (including phenoxy) is 1. The predicted octanol–water partition coefficient (Wildman–Crippen LogP) is 4.12. The van der Waals surface area contributed by atoms with Gasteiger partial charge in [0.05, 0.1) is 37.2 Å². The van der Waals surface area contributed by atoms with Crippen molar-refractivity contribution in [2.24, 2.45) is 0 Å². The molecule has 1 fully saturated rings. The van der Waals surface area contributed by atoms with Crippen LogP contribution in [0.1, 0.15) is 34.7 Å². The van der Waals surface area contributed by atoms with Crippen LogP contribution in [0.25, 0.3) is 5.69 Å². The van der Waals surface area contributed by atoms with E-state index in [0.717, 1.165) is 34.1 Å². The van der Waals surface area contributed by atoms with Gasteiger partial charge in [-0.25, -0.2) is 0 Å². The number of nitrogens with one attached hydrogen (secondary N) is 1. The molecule has 31 heavy (non-hydrogen) atoms. The molecule has 0 aliphatic carbocycles. The lowest BCUT2D eigenvalue weighted by Gasteiger charge is -2.27. The zero-order valence-corrected chi connectivity index (χ0v) is 19.2. The molecular formula is C23H25ClN4O2S. The number of hydrogen-bond acceptors (Lipinski definition) is 4. The topological polar surface area (TPSA) is 62.5 Å². The normalized spacial score (nSPS) is 18.4. The van der Waals surface area contributed by atoms with Gasteiger partial charge in [-0.05, 0) is 68.0 Å². The third kappa shape index (κ3) is 3.89. The Balaban J connectivity index is 1.87. The number of methoxy groups -OCH3 is 1. The summed E-state index contributed by atoms with van der Waals surface area (Å²) in [5.74, 6) is 0.742. The minimum Gasteiger partial charge on any atom is -0.495 e. The van der Waals surface area contributed by atoms with E-state index in [2.05, 4.69) is 34.8 Å². The molecule has 6 nitrogen and oxygen atoms in total. The number of rotatable bonds is 6. The van der Waals surface area contributed by atoms with Gasteiger partial charge in [-0.15, -0.1) is 0 Å². The van der Waals surface area contributed by atoms with E-state index < -0.39 is 0 Å². The van der Waals surface area contributed by atoms with Crippen LogP contribution in [-0.4, -0.2) is 44.9 Å². The lowest BCUT2D eigenvalue weighted by Crippen LogP contribution is -2.32. The van der Waals surface area contributed by atoms with Crippen molar-refractivity contribution in [3.63, 3.8) is 0 Å². The smallest absolute Gasteiger partial charge is 0.170 e. The van der Waals surface area contributed by atoms with Crippen LogP contribution >= 0.6 is 23.8 Å². The number of aliphatic hydroxyl groups excluding tert-OH is 1. The van der Waals surface area contributed by atoms with E-state index in [4.69, 9.17) is 28.6 Å². The van der Waals surface area contributed by atoms with Gasteiger partial charge in [0.25, 0.3) is 0 Å². The average Bonchev–Trinajstić information content (AvgIpc) is 3.24. The maximum Gasteiger partial charge on any atom is 0.170 e. The minimum atomic E-state index is -0.129. The summed E-state index contributed by atoms with van der Waals surface area (Å²) in [7, 11) is 1.65. The molecule has 0 amide bonds. The Morgan fingerprint density at radius 3 is 2.71 bits per heavy atom. The van der Waals surface area contributed by atoms with Crippen molar-refractivity contribution in [3.8, 4) is 11.4 Å². The molecule has 8 heteroatoms. The van der Waals surface area contributed by atoms with E-state index >= 15 is 0 Å². The van der Waals surface area contributed by atoms with Crippen LogP contribution in [0.2, 0.25) is 5.02 Å². The molecule has 1 aromatic carbocycles. The van der Waals surface area contributed by atoms with Crippen LogP contribution < -0.4 is 10.1 Å². The van der Waals surface area contributed by atoms with Gasteiger partial charge < -0.3 is 24.6 Å². The average molecular weight is 457 g/mol. The summed E-state index contributed by atoms with van der Waals surface area (Å²) in [6.07, 6.45) is 1.78. The Morgan fingerprint density at radius 1 is 1.23 bits per heavy atom. The second kappa shape index (κ2) is 8.86. The van der Waals surface area contributed by atoms with Gasteiger partial charge in [-0.1, -0.05) is 17.7 Å². The van der Waals surface area contributed by atoms with Gasteiger partial charge >= 0.3 is 0 Å². The minimum absolute atomic E-state index is 0.00805. The third-order valence-electron chi connectivity index (χ3n) is 5.71. The maximum atomic E-state index is 9.69. The van der Waals surface area contributed by atoms with E-state index in [0.29, 0.717) is 16.7 Å². The monoisotopic (exact) mass is 456 g/mol. The summed E-state index contributed by atoms with van der Waals surface area (Å²) >= 11 is 11.9. The fourth-order valence-electron chi connectivity index (χ4n) is 4.39. The zero-order chi connectivity index (χ0) is 22.1. The first-order valence-corrected chi connectivity index (χ1v) is 10.9. The highest BCUT2D eigenvalue weighted by atomic mass is 35.5. The van der Waals surface area contributed by atoms with E-state index in [1.807, 2.05) is 41.3 Å². The van der Waals surface area contributed by atoms with Crippen molar-refractivity contribution in [1.82, 2.24) is 19.8 Å². The van der Waals surface area contributed by atoms with Crippen molar-refractivity contribution in [2.75, 3.05) is 20.3 Å². The number of aryl methyl sites for hydroxylation is 1. The molecule has 3 heterocycles. The number of thiocarbonyl (C=S) groups is 1. The Morgan fingerprint density at radius 2 is 2.03 bits per heavy atom. The first kappa shape index (κ1) is 21.6. The lowest BCUT2D eigenvalue weighted by molar-refractivity contribution is 0.223. The Kier molecular flexibility index (Phi) is 6.18. The SMILES string of the molecule is COc1ccc(Cl)cc1-n1c(C)cc(C2C(c3ccccn3)NC(=S)N2CCO)c1C. The van der Waals surface area contributed by atoms with Gasteiger partial charge in [0, 0.05) is 29.2 Å². The van der Waals surface area contributed by atoms with Crippen molar-refractivity contribution >= 4 is 28.9 Å². The molecule has 3 aromatic rings. The van der Waals surface area contributed by atoms with Gasteiger partial charge in [-0.3, -0.25) is 4.98 Å². The second-order valence-electron chi connectivity index (χ2n) is 7.52. The number of benzene rings is 1. The fourth-order valence-corrected chi connectivity index (χ4v) is 4.89. The summed E-state index contributed by atoms with van der Waals surface area (Å²) in [6.45, 7) is 4.58. The molecule has 0 radical (unpaired) electrons. The van der Waals surface area contributed by atoms with E-state index in [1.54, 1.807) is 13.3 Å². The Hall–Kier alpha value is -2.61. The summed E-state index contributed by atoms with van der Waals surface area (Å²) in [4.78, 5) is 6.60. The number of halogens is 1. The first-order valence-electron chi connectivity index (χ1n) is 10.1. The van der Waals surface area contributed by atoms with E-state index in [-0.39, 0.29) is 18.7 Å². The van der Waals surface area contributed by atoms with E-state index in [1.165, 1.54) is 0 Å². The Labute approximate surface area is 192 Å². The molecule has 0 spiro atoms. The van der Waals surface area contributed by atoms with Crippen LogP contribution in [0.15, 0.2) is 48.7 Å². The second-order valence-corrected chi connectivity index (χ2v) is 8.34. The fraction of sp³-hybridized carbons (Fsp3) is 0.304. The molecule has 4 rings (SSSR count). The van der Waals surface area contributed by atoms with Crippen LogP contribution in [0.4, 0.5) is 0 Å².